The molecule has 0 atom stereocenters. The van der Waals surface area contributed by atoms with Gasteiger partial charge in [0.15, 0.2) is 0 Å². The number of carbonyl (C=O) groups is 2. The predicted octanol–water partition coefficient (Wildman–Crippen LogP) is 4.43. The molecule has 0 unspecified atom stereocenters. The minimum Gasteiger partial charge on any atom is -0.545 e. The molecule has 0 bridgehead atoms. The number of carbonyl (C=O) groups excluding carboxylic acids is 1. The fourth-order valence-electron chi connectivity index (χ4n) is 2.27. The summed E-state index contributed by atoms with van der Waals surface area (Å²) in [5.74, 6) is -2.15. The first kappa shape index (κ1) is 23.5. The molecule has 1 N–H and O–H groups in total. The third-order valence-electron chi connectivity index (χ3n) is 3.96. The van der Waals surface area contributed by atoms with Crippen LogP contribution in [0.15, 0.2) is 88.7 Å². The highest BCUT2D eigenvalue weighted by molar-refractivity contribution is 8.76. The molecule has 0 aliphatic heterocycles. The molecule has 0 heterocycles. The Labute approximate surface area is 184 Å². The molecule has 0 aromatic heterocycles. The van der Waals surface area contributed by atoms with E-state index in [0.29, 0.717) is 0 Å². The normalized spacial score (nSPS) is 10.6. The molecule has 3 aromatic rings. The van der Waals surface area contributed by atoms with Crippen LogP contribution in [-0.2, 0) is 0 Å². The Morgan fingerprint density at radius 1 is 0.733 bits per heavy atom. The summed E-state index contributed by atoms with van der Waals surface area (Å²) in [6, 6.07) is 23.4. The highest BCUT2D eigenvalue weighted by atomic mass is 33.1. The van der Waals surface area contributed by atoms with Crippen molar-refractivity contribution in [2.24, 2.45) is 0 Å². The van der Waals surface area contributed by atoms with E-state index in [4.69, 9.17) is 5.11 Å². The van der Waals surface area contributed by atoms with E-state index < -0.39 is 11.9 Å². The summed E-state index contributed by atoms with van der Waals surface area (Å²) in [4.78, 5) is 23.1. The van der Waals surface area contributed by atoms with E-state index in [-0.39, 0.29) is 11.1 Å². The second kappa shape index (κ2) is 10.9. The summed E-state index contributed by atoms with van der Waals surface area (Å²) in [5.41, 5.74) is 1.73. The Morgan fingerprint density at radius 3 is 1.50 bits per heavy atom. The maximum absolute atomic E-state index is 10.7. The topological polar surface area (TPSA) is 77.4 Å². The Hall–Kier alpha value is -2.74. The van der Waals surface area contributed by atoms with Gasteiger partial charge in [0.05, 0.1) is 32.7 Å². The first-order chi connectivity index (χ1) is 14.2. The lowest BCUT2D eigenvalue weighted by atomic mass is 10.2. The lowest BCUT2D eigenvalue weighted by Gasteiger charge is -2.22. The monoisotopic (exact) mass is 441 g/mol. The smallest absolute Gasteiger partial charge is 0.335 e. The Balaban J connectivity index is 0.000000269. The largest absolute Gasteiger partial charge is 0.545 e. The van der Waals surface area contributed by atoms with Gasteiger partial charge < -0.3 is 15.0 Å². The van der Waals surface area contributed by atoms with Gasteiger partial charge in [0, 0.05) is 9.79 Å². The summed E-state index contributed by atoms with van der Waals surface area (Å²) >= 11 is 0. The van der Waals surface area contributed by atoms with Gasteiger partial charge in [-0.15, -0.1) is 0 Å². The van der Waals surface area contributed by atoms with Crippen LogP contribution in [0.25, 0.3) is 0 Å². The van der Waals surface area contributed by atoms with Crippen LogP contribution >= 0.6 is 21.6 Å². The zero-order chi connectivity index (χ0) is 22.1. The first-order valence-electron chi connectivity index (χ1n) is 9.03. The van der Waals surface area contributed by atoms with Crippen LogP contribution in [-0.4, -0.2) is 38.2 Å². The summed E-state index contributed by atoms with van der Waals surface area (Å²) in [7, 11) is 9.42. The average molecular weight is 442 g/mol. The number of carboxylic acids is 2. The van der Waals surface area contributed by atoms with E-state index in [0.717, 1.165) is 14.3 Å². The van der Waals surface area contributed by atoms with Crippen molar-refractivity contribution < 1.29 is 19.8 Å². The van der Waals surface area contributed by atoms with Crippen LogP contribution in [0.3, 0.4) is 0 Å². The van der Waals surface area contributed by atoms with Gasteiger partial charge in [0.1, 0.15) is 5.69 Å². The van der Waals surface area contributed by atoms with Crippen molar-refractivity contribution >= 4 is 39.2 Å². The fraction of sp³-hybridized carbons (Fsp3) is 0.130. The number of nitrogens with zero attached hydrogens (tertiary/aromatic N) is 1. The molecule has 7 heteroatoms. The van der Waals surface area contributed by atoms with Gasteiger partial charge in [-0.05, 0) is 54.1 Å². The van der Waals surface area contributed by atoms with E-state index in [1.54, 1.807) is 36.4 Å². The zero-order valence-corrected chi connectivity index (χ0v) is 18.6. The zero-order valence-electron chi connectivity index (χ0n) is 16.9. The molecule has 30 heavy (non-hydrogen) atoms. The highest BCUT2D eigenvalue weighted by Gasteiger charge is 2.09. The van der Waals surface area contributed by atoms with Crippen molar-refractivity contribution in [1.29, 1.82) is 0 Å². The number of benzene rings is 3. The lowest BCUT2D eigenvalue weighted by molar-refractivity contribution is -0.255. The van der Waals surface area contributed by atoms with Crippen LogP contribution in [0.1, 0.15) is 20.7 Å². The third-order valence-corrected chi connectivity index (χ3v) is 6.37. The minimum atomic E-state index is -1.20. The molecule has 0 spiro atoms. The Kier molecular flexibility index (Phi) is 8.53. The van der Waals surface area contributed by atoms with Gasteiger partial charge in [-0.3, -0.25) is 4.48 Å². The third kappa shape index (κ3) is 7.59. The number of carboxylic acid groups (broad SMARTS) is 2. The molecule has 0 aliphatic rings. The van der Waals surface area contributed by atoms with Crippen LogP contribution in [0.2, 0.25) is 0 Å². The molecule has 0 saturated carbocycles. The highest BCUT2D eigenvalue weighted by Crippen LogP contribution is 2.37. The van der Waals surface area contributed by atoms with Crippen LogP contribution in [0.5, 0.6) is 0 Å². The fourth-order valence-corrected chi connectivity index (χ4v) is 4.20. The summed E-state index contributed by atoms with van der Waals surface area (Å²) < 4.78 is 0.890. The van der Waals surface area contributed by atoms with Crippen molar-refractivity contribution in [1.82, 2.24) is 4.48 Å². The van der Waals surface area contributed by atoms with Crippen LogP contribution in [0, 0.1) is 0 Å². The molecule has 5 nitrogen and oxygen atoms in total. The maximum Gasteiger partial charge on any atom is 0.335 e. The summed E-state index contributed by atoms with van der Waals surface area (Å²) in [5, 5.41) is 19.4. The number of rotatable bonds is 6. The molecule has 0 aliphatic carbocycles. The molecular weight excluding hydrogens is 418 g/mol. The van der Waals surface area contributed by atoms with Gasteiger partial charge in [0.2, 0.25) is 0 Å². The average Bonchev–Trinajstić information content (AvgIpc) is 2.73. The van der Waals surface area contributed by atoms with Gasteiger partial charge in [-0.1, -0.05) is 51.9 Å². The molecule has 0 saturated heterocycles. The number of hydrogen-bond donors (Lipinski definition) is 1. The van der Waals surface area contributed by atoms with Gasteiger partial charge in [0.25, 0.3) is 0 Å². The first-order valence-corrected chi connectivity index (χ1v) is 11.2. The SMILES string of the molecule is C[N+](C)(C)c1ccccc1.O=C([O-])c1ccc(SSc2ccc(C(=O)O)cc2)cc1. The molecule has 0 radical (unpaired) electrons. The van der Waals surface area contributed by atoms with Crippen LogP contribution < -0.4 is 9.59 Å². The molecule has 0 amide bonds. The quantitative estimate of drug-likeness (QED) is 0.450. The van der Waals surface area contributed by atoms with E-state index in [2.05, 4.69) is 45.4 Å². The van der Waals surface area contributed by atoms with Crippen molar-refractivity contribution in [3.63, 3.8) is 0 Å². The van der Waals surface area contributed by atoms with Crippen molar-refractivity contribution in [3.05, 3.63) is 90.0 Å². The van der Waals surface area contributed by atoms with Crippen molar-refractivity contribution in [2.45, 2.75) is 9.79 Å². The molecule has 156 valence electrons. The standard InChI is InChI=1S/C14H10O4S2.C9H14N/c15-13(16)9-1-5-11(6-2-9)19-20-12-7-3-10(4-8-12)14(17)18;1-10(2,3)9-7-5-4-6-8-9/h1-8H,(H,15,16)(H,17,18);4-8H,1-3H3/q;+1/p-1. The predicted molar refractivity (Wildman–Crippen MR) is 122 cm³/mol. The second-order valence-electron chi connectivity index (χ2n) is 7.16. The van der Waals surface area contributed by atoms with E-state index >= 15 is 0 Å². The summed E-state index contributed by atoms with van der Waals surface area (Å²) in [6.45, 7) is 0. The molecule has 0 fully saturated rings. The maximum atomic E-state index is 10.7. The Bertz CT molecular complexity index is 909. The van der Waals surface area contributed by atoms with Crippen molar-refractivity contribution in [2.75, 3.05) is 21.1 Å². The molecule has 3 aromatic carbocycles. The summed E-state index contributed by atoms with van der Waals surface area (Å²) in [6.07, 6.45) is 0. The second-order valence-corrected chi connectivity index (χ2v) is 9.43. The number of aromatic carboxylic acids is 2. The van der Waals surface area contributed by atoms with Crippen molar-refractivity contribution in [3.8, 4) is 0 Å². The number of quaternary nitrogens is 1. The van der Waals surface area contributed by atoms with E-state index in [1.165, 1.54) is 39.4 Å². The molecular formula is C23H23NO4S2. The Morgan fingerprint density at radius 2 is 1.17 bits per heavy atom. The van der Waals surface area contributed by atoms with Gasteiger partial charge in [-0.2, -0.15) is 0 Å². The van der Waals surface area contributed by atoms with Gasteiger partial charge in [-0.25, -0.2) is 4.79 Å². The number of hydrogen-bond acceptors (Lipinski definition) is 5. The minimum absolute atomic E-state index is 0.144. The lowest BCUT2D eigenvalue weighted by Crippen LogP contribution is -2.34. The molecule has 3 rings (SSSR count). The van der Waals surface area contributed by atoms with Crippen LogP contribution in [0.4, 0.5) is 5.69 Å². The van der Waals surface area contributed by atoms with E-state index in [9.17, 15) is 14.7 Å². The van der Waals surface area contributed by atoms with Gasteiger partial charge >= 0.3 is 5.97 Å². The number of para-hydroxylation sites is 1. The van der Waals surface area contributed by atoms with E-state index in [1.807, 2.05) is 6.07 Å².